The molecule has 0 aliphatic heterocycles. The molecule has 0 radical (unpaired) electrons. The molecule has 1 aromatic heterocycles. The molecular weight excluding hydrogens is 438 g/mol. The van der Waals surface area contributed by atoms with Gasteiger partial charge in [0.05, 0.1) is 23.2 Å². The van der Waals surface area contributed by atoms with E-state index in [0.29, 0.717) is 18.1 Å². The van der Waals surface area contributed by atoms with Crippen molar-refractivity contribution in [2.75, 3.05) is 5.32 Å². The Labute approximate surface area is 206 Å². The van der Waals surface area contributed by atoms with E-state index in [1.165, 1.54) is 0 Å². The smallest absolute Gasteiger partial charge is 0.316 e. The van der Waals surface area contributed by atoms with Gasteiger partial charge in [-0.3, -0.25) is 14.9 Å². The van der Waals surface area contributed by atoms with E-state index >= 15 is 0 Å². The van der Waals surface area contributed by atoms with Crippen LogP contribution in [0.3, 0.4) is 0 Å². The molecule has 2 aromatic carbocycles. The second-order valence-corrected chi connectivity index (χ2v) is 9.93. The van der Waals surface area contributed by atoms with Crippen molar-refractivity contribution in [1.82, 2.24) is 9.97 Å². The summed E-state index contributed by atoms with van der Waals surface area (Å²) in [5.74, 6) is 0.662. The summed E-state index contributed by atoms with van der Waals surface area (Å²) in [5, 5.41) is 2.88. The molecule has 4 rings (SSSR count). The van der Waals surface area contributed by atoms with Crippen molar-refractivity contribution in [3.8, 4) is 5.75 Å². The number of allylic oxidation sites excluding steroid dienone is 1. The lowest BCUT2D eigenvalue weighted by atomic mass is 9.97. The summed E-state index contributed by atoms with van der Waals surface area (Å²) in [6, 6.07) is 17.2. The summed E-state index contributed by atoms with van der Waals surface area (Å²) in [7, 11) is 0. The van der Waals surface area contributed by atoms with Gasteiger partial charge in [-0.15, -0.1) is 0 Å². The van der Waals surface area contributed by atoms with Gasteiger partial charge in [0.2, 0.25) is 11.9 Å². The number of nitrogens with one attached hydrogen (secondary N) is 1. The van der Waals surface area contributed by atoms with Crippen LogP contribution in [0, 0.1) is 5.41 Å². The van der Waals surface area contributed by atoms with Crippen molar-refractivity contribution in [2.45, 2.75) is 52.9 Å². The molecule has 6 heteroatoms. The van der Waals surface area contributed by atoms with Crippen molar-refractivity contribution >= 4 is 23.9 Å². The van der Waals surface area contributed by atoms with Crippen molar-refractivity contribution in [3.05, 3.63) is 88.8 Å². The molecule has 0 saturated heterocycles. The largest absolute Gasteiger partial charge is 0.426 e. The molecule has 1 atom stereocenters. The summed E-state index contributed by atoms with van der Waals surface area (Å²) < 4.78 is 5.46. The standard InChI is InChI=1S/C29H31N3O3/c1-19-10-16-23-24(17-13-20-11-14-22(15-12-20)35-27(34)29(2,3)4)30-28(32-26(19)23)31-25(33)18-21-8-6-5-7-9-21/h5-12,14-16,19H,13,17-18H2,1-4H3,(H,30,31,32,33). The molecule has 1 aliphatic carbocycles. The molecule has 0 fully saturated rings. The summed E-state index contributed by atoms with van der Waals surface area (Å²) in [4.78, 5) is 34.0. The maximum atomic E-state index is 12.6. The molecule has 1 heterocycles. The van der Waals surface area contributed by atoms with Gasteiger partial charge in [-0.05, 0) is 56.9 Å². The van der Waals surface area contributed by atoms with Crippen LogP contribution in [-0.4, -0.2) is 21.8 Å². The van der Waals surface area contributed by atoms with Crippen molar-refractivity contribution in [3.63, 3.8) is 0 Å². The maximum Gasteiger partial charge on any atom is 0.316 e. The molecule has 1 aliphatic rings. The van der Waals surface area contributed by atoms with E-state index in [4.69, 9.17) is 9.72 Å². The van der Waals surface area contributed by atoms with E-state index in [9.17, 15) is 9.59 Å². The fraction of sp³-hybridized carbons (Fsp3) is 0.310. The number of aromatic nitrogens is 2. The van der Waals surface area contributed by atoms with Gasteiger partial charge in [0.15, 0.2) is 0 Å². The average molecular weight is 470 g/mol. The number of carbonyl (C=O) groups excluding carboxylic acids is 2. The van der Waals surface area contributed by atoms with E-state index in [0.717, 1.165) is 34.5 Å². The fourth-order valence-electron chi connectivity index (χ4n) is 3.84. The highest BCUT2D eigenvalue weighted by Gasteiger charge is 2.24. The van der Waals surface area contributed by atoms with Gasteiger partial charge in [0.1, 0.15) is 5.75 Å². The summed E-state index contributed by atoms with van der Waals surface area (Å²) in [6.07, 6.45) is 5.91. The van der Waals surface area contributed by atoms with Gasteiger partial charge in [-0.2, -0.15) is 0 Å². The van der Waals surface area contributed by atoms with Gasteiger partial charge < -0.3 is 4.74 Å². The minimum Gasteiger partial charge on any atom is -0.426 e. The second-order valence-electron chi connectivity index (χ2n) is 9.93. The minimum atomic E-state index is -0.551. The molecule has 6 nitrogen and oxygen atoms in total. The highest BCUT2D eigenvalue weighted by atomic mass is 16.5. The number of nitrogens with zero attached hydrogens (tertiary/aromatic N) is 2. The Kier molecular flexibility index (Phi) is 7.10. The van der Waals surface area contributed by atoms with Crippen LogP contribution in [0.15, 0.2) is 60.7 Å². The fourth-order valence-corrected chi connectivity index (χ4v) is 3.84. The first kappa shape index (κ1) is 24.3. The van der Waals surface area contributed by atoms with E-state index in [1.807, 2.05) is 75.4 Å². The Morgan fingerprint density at radius 2 is 1.66 bits per heavy atom. The molecule has 35 heavy (non-hydrogen) atoms. The predicted molar refractivity (Wildman–Crippen MR) is 137 cm³/mol. The molecule has 1 unspecified atom stereocenters. The maximum absolute atomic E-state index is 12.6. The van der Waals surface area contributed by atoms with Gasteiger partial charge >= 0.3 is 5.97 Å². The number of esters is 1. The van der Waals surface area contributed by atoms with Crippen LogP contribution >= 0.6 is 0 Å². The first-order valence-electron chi connectivity index (χ1n) is 11.9. The molecule has 0 saturated carbocycles. The lowest BCUT2D eigenvalue weighted by Crippen LogP contribution is -2.25. The minimum absolute atomic E-state index is 0.138. The van der Waals surface area contributed by atoms with E-state index < -0.39 is 5.41 Å². The Morgan fingerprint density at radius 3 is 2.34 bits per heavy atom. The van der Waals surface area contributed by atoms with E-state index in [2.05, 4.69) is 29.4 Å². The molecule has 3 aromatic rings. The van der Waals surface area contributed by atoms with Crippen LogP contribution in [0.4, 0.5) is 5.95 Å². The zero-order valence-corrected chi connectivity index (χ0v) is 20.7. The second kappa shape index (κ2) is 10.2. The zero-order chi connectivity index (χ0) is 25.0. The topological polar surface area (TPSA) is 81.2 Å². The van der Waals surface area contributed by atoms with Crippen LogP contribution in [0.2, 0.25) is 0 Å². The number of aryl methyl sites for hydroxylation is 2. The van der Waals surface area contributed by atoms with Crippen LogP contribution in [0.25, 0.3) is 6.08 Å². The summed E-state index contributed by atoms with van der Waals surface area (Å²) in [6.45, 7) is 7.58. The van der Waals surface area contributed by atoms with Crippen LogP contribution in [-0.2, 0) is 28.9 Å². The van der Waals surface area contributed by atoms with Crippen LogP contribution in [0.5, 0.6) is 5.75 Å². The Hall–Kier alpha value is -3.80. The van der Waals surface area contributed by atoms with Crippen molar-refractivity contribution in [1.29, 1.82) is 0 Å². The van der Waals surface area contributed by atoms with Crippen LogP contribution < -0.4 is 10.1 Å². The molecule has 0 spiro atoms. The van der Waals surface area contributed by atoms with Crippen molar-refractivity contribution < 1.29 is 14.3 Å². The lowest BCUT2D eigenvalue weighted by molar-refractivity contribution is -0.143. The number of benzene rings is 2. The molecular formula is C29H31N3O3. The first-order chi connectivity index (χ1) is 16.7. The third-order valence-electron chi connectivity index (χ3n) is 5.89. The normalized spacial score (nSPS) is 14.5. The number of hydrogen-bond donors (Lipinski definition) is 1. The quantitative estimate of drug-likeness (QED) is 0.364. The zero-order valence-electron chi connectivity index (χ0n) is 20.7. The number of hydrogen-bond acceptors (Lipinski definition) is 5. The van der Waals surface area contributed by atoms with E-state index in [1.54, 1.807) is 0 Å². The number of anilines is 1. The molecule has 1 N–H and O–H groups in total. The lowest BCUT2D eigenvalue weighted by Gasteiger charge is -2.16. The van der Waals surface area contributed by atoms with Gasteiger partial charge in [0, 0.05) is 11.5 Å². The number of ether oxygens (including phenoxy) is 1. The monoisotopic (exact) mass is 469 g/mol. The van der Waals surface area contributed by atoms with Gasteiger partial charge in [-0.1, -0.05) is 61.5 Å². The van der Waals surface area contributed by atoms with Gasteiger partial charge in [-0.25, -0.2) is 9.97 Å². The number of amides is 1. The van der Waals surface area contributed by atoms with Crippen LogP contribution in [0.1, 0.15) is 61.7 Å². The Bertz CT molecular complexity index is 1240. The highest BCUT2D eigenvalue weighted by molar-refractivity contribution is 5.90. The molecule has 0 bridgehead atoms. The van der Waals surface area contributed by atoms with Crippen molar-refractivity contribution in [2.24, 2.45) is 5.41 Å². The van der Waals surface area contributed by atoms with Gasteiger partial charge in [0.25, 0.3) is 0 Å². The van der Waals surface area contributed by atoms with E-state index in [-0.39, 0.29) is 24.2 Å². The number of fused-ring (bicyclic) bond motifs is 1. The predicted octanol–water partition coefficient (Wildman–Crippen LogP) is 5.52. The molecule has 180 valence electrons. The summed E-state index contributed by atoms with van der Waals surface area (Å²) in [5.41, 5.74) is 4.39. The molecule has 1 amide bonds. The Morgan fingerprint density at radius 1 is 0.943 bits per heavy atom. The SMILES string of the molecule is CC1C=Cc2c(CCc3ccc(OC(=O)C(C)(C)C)cc3)nc(NC(=O)Cc3ccccc3)nc21. The Balaban J connectivity index is 1.45. The third kappa shape index (κ3) is 6.21. The summed E-state index contributed by atoms with van der Waals surface area (Å²) >= 11 is 0. The highest BCUT2D eigenvalue weighted by Crippen LogP contribution is 2.31. The first-order valence-corrected chi connectivity index (χ1v) is 11.9. The third-order valence-corrected chi connectivity index (χ3v) is 5.89. The average Bonchev–Trinajstić information content (AvgIpc) is 3.19. The number of carbonyl (C=O) groups is 2. The number of rotatable bonds is 7.